The van der Waals surface area contributed by atoms with E-state index in [1.165, 1.54) is 12.8 Å². The standard InChI is InChI=1S/C12H17N3OS/c1-15(9-4-5-9)12(16)14-10(8-2-3-8)11-13-6-7-17-11/h6-10H,2-5H2,1H3,(H,14,16)/t10-/m1/s1. The Kier molecular flexibility index (Phi) is 2.78. The van der Waals surface area contributed by atoms with E-state index in [-0.39, 0.29) is 12.1 Å². The van der Waals surface area contributed by atoms with E-state index in [0.717, 1.165) is 17.8 Å². The number of aromatic nitrogens is 1. The molecule has 2 amide bonds. The second kappa shape index (κ2) is 4.29. The molecule has 5 heteroatoms. The highest BCUT2D eigenvalue weighted by Gasteiger charge is 2.37. The molecule has 1 aromatic heterocycles. The number of nitrogens with one attached hydrogen (secondary N) is 1. The first-order chi connectivity index (χ1) is 8.25. The molecule has 2 aliphatic carbocycles. The van der Waals surface area contributed by atoms with Crippen LogP contribution in [0.25, 0.3) is 0 Å². The van der Waals surface area contributed by atoms with Crippen molar-refractivity contribution in [1.29, 1.82) is 0 Å². The molecule has 92 valence electrons. The lowest BCUT2D eigenvalue weighted by Gasteiger charge is -2.22. The normalized spacial score (nSPS) is 21.0. The fourth-order valence-electron chi connectivity index (χ4n) is 2.06. The highest BCUT2D eigenvalue weighted by Crippen LogP contribution is 2.41. The van der Waals surface area contributed by atoms with Crippen molar-refractivity contribution < 1.29 is 4.79 Å². The number of carbonyl (C=O) groups excluding carboxylic acids is 1. The van der Waals surface area contributed by atoms with Gasteiger partial charge in [0.1, 0.15) is 5.01 Å². The van der Waals surface area contributed by atoms with Gasteiger partial charge in [0.25, 0.3) is 0 Å². The van der Waals surface area contributed by atoms with Crippen LogP contribution >= 0.6 is 11.3 Å². The molecule has 1 heterocycles. The van der Waals surface area contributed by atoms with E-state index < -0.39 is 0 Å². The molecule has 3 rings (SSSR count). The van der Waals surface area contributed by atoms with E-state index in [9.17, 15) is 4.79 Å². The summed E-state index contributed by atoms with van der Waals surface area (Å²) in [5.74, 6) is 0.595. The number of nitrogens with zero attached hydrogens (tertiary/aromatic N) is 2. The van der Waals surface area contributed by atoms with Crippen LogP contribution in [0.5, 0.6) is 0 Å². The second-order valence-corrected chi connectivity index (χ2v) is 5.90. The van der Waals surface area contributed by atoms with Gasteiger partial charge in [0.15, 0.2) is 0 Å². The predicted molar refractivity (Wildman–Crippen MR) is 66.9 cm³/mol. The van der Waals surface area contributed by atoms with Crippen LogP contribution in [-0.2, 0) is 0 Å². The Morgan fingerprint density at radius 3 is 2.82 bits per heavy atom. The van der Waals surface area contributed by atoms with Gasteiger partial charge in [-0.2, -0.15) is 0 Å². The fourth-order valence-corrected chi connectivity index (χ4v) is 2.84. The maximum Gasteiger partial charge on any atom is 0.317 e. The molecule has 2 aliphatic rings. The van der Waals surface area contributed by atoms with E-state index in [2.05, 4.69) is 10.3 Å². The Morgan fingerprint density at radius 2 is 2.29 bits per heavy atom. The zero-order valence-electron chi connectivity index (χ0n) is 9.93. The van der Waals surface area contributed by atoms with Crippen molar-refractivity contribution in [2.75, 3.05) is 7.05 Å². The molecule has 0 aromatic carbocycles. The number of carbonyl (C=O) groups is 1. The molecule has 4 nitrogen and oxygen atoms in total. The minimum atomic E-state index is 0.0552. The van der Waals surface area contributed by atoms with E-state index in [1.807, 2.05) is 23.5 Å². The Morgan fingerprint density at radius 1 is 1.53 bits per heavy atom. The van der Waals surface area contributed by atoms with Gasteiger partial charge in [0.05, 0.1) is 6.04 Å². The first-order valence-corrected chi connectivity index (χ1v) is 7.06. The molecule has 0 radical (unpaired) electrons. The van der Waals surface area contributed by atoms with Crippen LogP contribution in [0.3, 0.4) is 0 Å². The van der Waals surface area contributed by atoms with E-state index in [1.54, 1.807) is 11.3 Å². The summed E-state index contributed by atoms with van der Waals surface area (Å²) in [6.07, 6.45) is 6.52. The first-order valence-electron chi connectivity index (χ1n) is 6.18. The number of rotatable bonds is 4. The van der Waals surface area contributed by atoms with Gasteiger partial charge in [0, 0.05) is 24.7 Å². The molecule has 2 fully saturated rings. The minimum absolute atomic E-state index is 0.0552. The average Bonchev–Trinajstić information content (AvgIpc) is 3.23. The molecule has 1 aromatic rings. The van der Waals surface area contributed by atoms with E-state index >= 15 is 0 Å². The Hall–Kier alpha value is -1.10. The minimum Gasteiger partial charge on any atom is -0.328 e. The summed E-state index contributed by atoms with van der Waals surface area (Å²) >= 11 is 1.63. The van der Waals surface area contributed by atoms with Crippen LogP contribution < -0.4 is 5.32 Å². The number of amides is 2. The van der Waals surface area contributed by atoms with Crippen molar-refractivity contribution >= 4 is 17.4 Å². The van der Waals surface area contributed by atoms with Crippen molar-refractivity contribution in [1.82, 2.24) is 15.2 Å². The third kappa shape index (κ3) is 2.44. The van der Waals surface area contributed by atoms with Crippen molar-refractivity contribution in [2.24, 2.45) is 5.92 Å². The maximum atomic E-state index is 12.1. The van der Waals surface area contributed by atoms with Crippen molar-refractivity contribution in [3.05, 3.63) is 16.6 Å². The quantitative estimate of drug-likeness (QED) is 0.893. The molecule has 2 saturated carbocycles. The lowest BCUT2D eigenvalue weighted by atomic mass is 10.2. The van der Waals surface area contributed by atoms with Crippen molar-refractivity contribution in [3.8, 4) is 0 Å². The van der Waals surface area contributed by atoms with Gasteiger partial charge in [-0.05, 0) is 31.6 Å². The number of thiazole rings is 1. The monoisotopic (exact) mass is 251 g/mol. The van der Waals surface area contributed by atoms with Crippen LogP contribution in [0.2, 0.25) is 0 Å². The molecule has 0 bridgehead atoms. The molecule has 0 unspecified atom stereocenters. The summed E-state index contributed by atoms with van der Waals surface area (Å²) in [5.41, 5.74) is 0. The van der Waals surface area contributed by atoms with Gasteiger partial charge in [-0.3, -0.25) is 0 Å². The Labute approximate surface area is 105 Å². The molecule has 0 spiro atoms. The van der Waals surface area contributed by atoms with Crippen LogP contribution in [0.1, 0.15) is 36.7 Å². The SMILES string of the molecule is CN(C(=O)N[C@@H](c1nccs1)C1CC1)C1CC1. The summed E-state index contributed by atoms with van der Waals surface area (Å²) in [4.78, 5) is 18.2. The summed E-state index contributed by atoms with van der Waals surface area (Å²) in [6.45, 7) is 0. The van der Waals surface area contributed by atoms with Gasteiger partial charge >= 0.3 is 6.03 Å². The summed E-state index contributed by atoms with van der Waals surface area (Å²) < 4.78 is 0. The Balaban J connectivity index is 1.66. The average molecular weight is 251 g/mol. The third-order valence-electron chi connectivity index (χ3n) is 3.50. The first kappa shape index (κ1) is 11.0. The van der Waals surface area contributed by atoms with Gasteiger partial charge in [0.2, 0.25) is 0 Å². The fraction of sp³-hybridized carbons (Fsp3) is 0.667. The van der Waals surface area contributed by atoms with Gasteiger partial charge in [-0.25, -0.2) is 9.78 Å². The summed E-state index contributed by atoms with van der Waals surface area (Å²) in [6, 6.07) is 0.648. The van der Waals surface area contributed by atoms with Crippen molar-refractivity contribution in [3.63, 3.8) is 0 Å². The zero-order valence-corrected chi connectivity index (χ0v) is 10.7. The number of hydrogen-bond acceptors (Lipinski definition) is 3. The van der Waals surface area contributed by atoms with Crippen LogP contribution in [0, 0.1) is 5.92 Å². The summed E-state index contributed by atoms with van der Waals surface area (Å²) in [7, 11) is 1.89. The van der Waals surface area contributed by atoms with Crippen LogP contribution in [-0.4, -0.2) is 29.0 Å². The van der Waals surface area contributed by atoms with Crippen LogP contribution in [0.15, 0.2) is 11.6 Å². The lowest BCUT2D eigenvalue weighted by molar-refractivity contribution is 0.201. The lowest BCUT2D eigenvalue weighted by Crippen LogP contribution is -2.41. The molecule has 0 saturated heterocycles. The van der Waals surface area contributed by atoms with E-state index in [0.29, 0.717) is 12.0 Å². The largest absolute Gasteiger partial charge is 0.328 e. The van der Waals surface area contributed by atoms with Gasteiger partial charge in [-0.15, -0.1) is 11.3 Å². The predicted octanol–water partition coefficient (Wildman–Crippen LogP) is 2.40. The molecule has 17 heavy (non-hydrogen) atoms. The highest BCUT2D eigenvalue weighted by atomic mass is 32.1. The molecule has 1 atom stereocenters. The number of urea groups is 1. The topological polar surface area (TPSA) is 45.2 Å². The summed E-state index contributed by atoms with van der Waals surface area (Å²) in [5, 5.41) is 6.16. The maximum absolute atomic E-state index is 12.1. The smallest absolute Gasteiger partial charge is 0.317 e. The zero-order chi connectivity index (χ0) is 11.8. The van der Waals surface area contributed by atoms with Crippen molar-refractivity contribution in [2.45, 2.75) is 37.8 Å². The molecule has 0 aliphatic heterocycles. The van der Waals surface area contributed by atoms with Crippen LogP contribution in [0.4, 0.5) is 4.79 Å². The van der Waals surface area contributed by atoms with Gasteiger partial charge < -0.3 is 10.2 Å². The molecule has 1 N–H and O–H groups in total. The second-order valence-electron chi connectivity index (χ2n) is 4.98. The Bertz CT molecular complexity index is 398. The van der Waals surface area contributed by atoms with Gasteiger partial charge in [-0.1, -0.05) is 0 Å². The highest BCUT2D eigenvalue weighted by molar-refractivity contribution is 7.09. The molecular weight excluding hydrogens is 234 g/mol. The molecular formula is C12H17N3OS. The number of hydrogen-bond donors (Lipinski definition) is 1. The van der Waals surface area contributed by atoms with E-state index in [4.69, 9.17) is 0 Å². The third-order valence-corrected chi connectivity index (χ3v) is 4.36.